The molecule has 0 aliphatic carbocycles. The van der Waals surface area contributed by atoms with E-state index in [0.717, 1.165) is 37.4 Å². The number of hydrogen-bond donors (Lipinski definition) is 2. The molecule has 1 amide bonds. The number of methoxy groups -OCH3 is 1. The Morgan fingerprint density at radius 3 is 3.10 bits per heavy atom. The van der Waals surface area contributed by atoms with Crippen LogP contribution >= 0.6 is 0 Å². The summed E-state index contributed by atoms with van der Waals surface area (Å²) in [5, 5.41) is 3.33. The number of amides is 1. The summed E-state index contributed by atoms with van der Waals surface area (Å²) in [5.41, 5.74) is 6.18. The zero-order chi connectivity index (χ0) is 15.3. The quantitative estimate of drug-likeness (QED) is 0.716. The predicted octanol–water partition coefficient (Wildman–Crippen LogP) is 0.519. The van der Waals surface area contributed by atoms with Crippen LogP contribution in [0.15, 0.2) is 18.3 Å². The van der Waals surface area contributed by atoms with Crippen molar-refractivity contribution in [3.8, 4) is 0 Å². The molecule has 6 heteroatoms. The summed E-state index contributed by atoms with van der Waals surface area (Å²) >= 11 is 0. The van der Waals surface area contributed by atoms with Gasteiger partial charge in [0.15, 0.2) is 0 Å². The lowest BCUT2D eigenvalue weighted by atomic mass is 9.89. The Bertz CT molecular complexity index is 494. The van der Waals surface area contributed by atoms with E-state index < -0.39 is 5.41 Å². The molecule has 0 saturated carbocycles. The van der Waals surface area contributed by atoms with E-state index in [1.165, 1.54) is 0 Å². The lowest BCUT2D eigenvalue weighted by Gasteiger charge is -2.23. The minimum absolute atomic E-state index is 0.235. The fourth-order valence-electron chi connectivity index (χ4n) is 2.59. The molecule has 0 aromatic carbocycles. The van der Waals surface area contributed by atoms with Crippen molar-refractivity contribution in [1.29, 1.82) is 0 Å². The molecule has 1 aromatic heterocycles. The van der Waals surface area contributed by atoms with Crippen molar-refractivity contribution in [1.82, 2.24) is 10.3 Å². The minimum Gasteiger partial charge on any atom is -0.383 e. The van der Waals surface area contributed by atoms with Gasteiger partial charge in [-0.15, -0.1) is 0 Å². The Kier molecular flexibility index (Phi) is 5.14. The SMILES string of the molecule is COCCNCc1cccnc1N1CCC(C)(C(N)=O)C1. The van der Waals surface area contributed by atoms with Crippen LogP contribution in [-0.4, -0.2) is 44.2 Å². The normalized spacial score (nSPS) is 21.7. The van der Waals surface area contributed by atoms with Gasteiger partial charge in [0, 0.05) is 45.0 Å². The highest BCUT2D eigenvalue weighted by Crippen LogP contribution is 2.33. The summed E-state index contributed by atoms with van der Waals surface area (Å²) < 4.78 is 5.02. The maximum absolute atomic E-state index is 11.6. The van der Waals surface area contributed by atoms with E-state index in [9.17, 15) is 4.79 Å². The number of ether oxygens (including phenoxy) is 1. The van der Waals surface area contributed by atoms with E-state index in [4.69, 9.17) is 10.5 Å². The number of aromatic nitrogens is 1. The molecule has 0 bridgehead atoms. The number of hydrogen-bond acceptors (Lipinski definition) is 5. The Morgan fingerprint density at radius 1 is 1.62 bits per heavy atom. The molecule has 3 N–H and O–H groups in total. The smallest absolute Gasteiger partial charge is 0.225 e. The second-order valence-electron chi connectivity index (χ2n) is 5.75. The van der Waals surface area contributed by atoms with Crippen LogP contribution in [0.4, 0.5) is 5.82 Å². The van der Waals surface area contributed by atoms with Crippen molar-refractivity contribution in [2.24, 2.45) is 11.1 Å². The first-order chi connectivity index (χ1) is 10.1. The highest BCUT2D eigenvalue weighted by molar-refractivity contribution is 5.82. The Morgan fingerprint density at radius 2 is 2.43 bits per heavy atom. The van der Waals surface area contributed by atoms with Gasteiger partial charge in [-0.3, -0.25) is 4.79 Å². The number of nitrogens with zero attached hydrogens (tertiary/aromatic N) is 2. The van der Waals surface area contributed by atoms with Crippen molar-refractivity contribution in [2.75, 3.05) is 38.3 Å². The lowest BCUT2D eigenvalue weighted by molar-refractivity contribution is -0.125. The summed E-state index contributed by atoms with van der Waals surface area (Å²) in [6.45, 7) is 5.57. The van der Waals surface area contributed by atoms with Crippen LogP contribution in [0.1, 0.15) is 18.9 Å². The molecule has 21 heavy (non-hydrogen) atoms. The Labute approximate surface area is 125 Å². The molecule has 1 aliphatic rings. The maximum Gasteiger partial charge on any atom is 0.225 e. The molecule has 2 heterocycles. The van der Waals surface area contributed by atoms with E-state index in [0.29, 0.717) is 13.2 Å². The first-order valence-corrected chi connectivity index (χ1v) is 7.25. The van der Waals surface area contributed by atoms with Gasteiger partial charge in [-0.25, -0.2) is 4.98 Å². The highest BCUT2D eigenvalue weighted by atomic mass is 16.5. The van der Waals surface area contributed by atoms with Crippen LogP contribution in [0.3, 0.4) is 0 Å². The maximum atomic E-state index is 11.6. The predicted molar refractivity (Wildman–Crippen MR) is 82.0 cm³/mol. The zero-order valence-electron chi connectivity index (χ0n) is 12.8. The number of pyridine rings is 1. The average Bonchev–Trinajstić information content (AvgIpc) is 2.88. The van der Waals surface area contributed by atoms with Crippen LogP contribution in [0.25, 0.3) is 0 Å². The third-order valence-electron chi connectivity index (χ3n) is 4.03. The van der Waals surface area contributed by atoms with Crippen molar-refractivity contribution >= 4 is 11.7 Å². The molecular formula is C15H24N4O2. The topological polar surface area (TPSA) is 80.5 Å². The molecule has 116 valence electrons. The number of carbonyl (C=O) groups is 1. The van der Waals surface area contributed by atoms with Gasteiger partial charge in [0.05, 0.1) is 12.0 Å². The third kappa shape index (κ3) is 3.71. The second kappa shape index (κ2) is 6.87. The summed E-state index contributed by atoms with van der Waals surface area (Å²) in [7, 11) is 1.69. The van der Waals surface area contributed by atoms with E-state index in [1.54, 1.807) is 13.3 Å². The van der Waals surface area contributed by atoms with Gasteiger partial charge in [0.25, 0.3) is 0 Å². The van der Waals surface area contributed by atoms with E-state index >= 15 is 0 Å². The van der Waals surface area contributed by atoms with Gasteiger partial charge >= 0.3 is 0 Å². The molecule has 2 rings (SSSR count). The van der Waals surface area contributed by atoms with Crippen molar-refractivity contribution < 1.29 is 9.53 Å². The fourth-order valence-corrected chi connectivity index (χ4v) is 2.59. The first kappa shape index (κ1) is 15.7. The minimum atomic E-state index is -0.460. The average molecular weight is 292 g/mol. The fraction of sp³-hybridized carbons (Fsp3) is 0.600. The Hall–Kier alpha value is -1.66. The van der Waals surface area contributed by atoms with Crippen molar-refractivity contribution in [3.63, 3.8) is 0 Å². The molecule has 1 unspecified atom stereocenters. The summed E-state index contributed by atoms with van der Waals surface area (Å²) in [6, 6.07) is 3.99. The number of nitrogens with two attached hydrogens (primary N) is 1. The second-order valence-corrected chi connectivity index (χ2v) is 5.75. The number of rotatable bonds is 7. The van der Waals surface area contributed by atoms with Crippen LogP contribution in [0.2, 0.25) is 0 Å². The molecule has 1 fully saturated rings. The third-order valence-corrected chi connectivity index (χ3v) is 4.03. The molecule has 1 saturated heterocycles. The van der Waals surface area contributed by atoms with E-state index in [2.05, 4.69) is 21.3 Å². The number of anilines is 1. The Balaban J connectivity index is 2.05. The number of primary amides is 1. The van der Waals surface area contributed by atoms with Crippen molar-refractivity contribution in [2.45, 2.75) is 19.9 Å². The molecular weight excluding hydrogens is 268 g/mol. The summed E-state index contributed by atoms with van der Waals surface area (Å²) in [5.74, 6) is 0.702. The number of nitrogens with one attached hydrogen (secondary N) is 1. The standard InChI is InChI=1S/C15H24N4O2/c1-15(14(16)20)5-8-19(11-15)13-12(4-3-6-18-13)10-17-7-9-21-2/h3-4,6,17H,5,7-11H2,1-2H3,(H2,16,20). The van der Waals surface area contributed by atoms with Gasteiger partial charge in [-0.1, -0.05) is 6.07 Å². The van der Waals surface area contributed by atoms with E-state index in [-0.39, 0.29) is 5.91 Å². The lowest BCUT2D eigenvalue weighted by Crippen LogP contribution is -2.37. The summed E-state index contributed by atoms with van der Waals surface area (Å²) in [6.07, 6.45) is 2.56. The van der Waals surface area contributed by atoms with Gasteiger partial charge in [-0.05, 0) is 19.4 Å². The molecule has 0 spiro atoms. The van der Waals surface area contributed by atoms with Gasteiger partial charge in [0.2, 0.25) is 5.91 Å². The van der Waals surface area contributed by atoms with Crippen LogP contribution < -0.4 is 16.0 Å². The van der Waals surface area contributed by atoms with Crippen LogP contribution in [0, 0.1) is 5.41 Å². The molecule has 1 aromatic rings. The van der Waals surface area contributed by atoms with Crippen LogP contribution in [-0.2, 0) is 16.1 Å². The first-order valence-electron chi connectivity index (χ1n) is 7.25. The largest absolute Gasteiger partial charge is 0.383 e. The van der Waals surface area contributed by atoms with Crippen molar-refractivity contribution in [3.05, 3.63) is 23.9 Å². The molecule has 6 nitrogen and oxygen atoms in total. The van der Waals surface area contributed by atoms with Gasteiger partial charge in [-0.2, -0.15) is 0 Å². The highest BCUT2D eigenvalue weighted by Gasteiger charge is 2.39. The zero-order valence-corrected chi connectivity index (χ0v) is 12.8. The monoisotopic (exact) mass is 292 g/mol. The number of carbonyl (C=O) groups excluding carboxylic acids is 1. The summed E-state index contributed by atoms with van der Waals surface area (Å²) in [4.78, 5) is 18.2. The van der Waals surface area contributed by atoms with E-state index in [1.807, 2.05) is 13.0 Å². The van der Waals surface area contributed by atoms with Gasteiger partial charge in [0.1, 0.15) is 5.82 Å². The molecule has 1 atom stereocenters. The molecule has 1 aliphatic heterocycles. The van der Waals surface area contributed by atoms with Crippen LogP contribution in [0.5, 0.6) is 0 Å². The van der Waals surface area contributed by atoms with Gasteiger partial charge < -0.3 is 20.7 Å². The molecule has 0 radical (unpaired) electrons.